The third-order valence-corrected chi connectivity index (χ3v) is 5.74. The SMILES string of the molecule is O=C1CCC(N2Cc3cc(C(=O)N4CCc5ncccc54)ccc3C2=O)C(=O)N1. The number of aromatic nitrogens is 1. The van der Waals surface area contributed by atoms with E-state index in [-0.39, 0.29) is 30.7 Å². The molecular weight excluding hydrogens is 372 g/mol. The van der Waals surface area contributed by atoms with Crippen LogP contribution in [0.3, 0.4) is 0 Å². The molecular formula is C21H18N4O4. The number of imide groups is 1. The molecule has 1 aromatic carbocycles. The highest BCUT2D eigenvalue weighted by atomic mass is 16.2. The quantitative estimate of drug-likeness (QED) is 0.773. The monoisotopic (exact) mass is 390 g/mol. The summed E-state index contributed by atoms with van der Waals surface area (Å²) < 4.78 is 0. The minimum absolute atomic E-state index is 0.133. The zero-order valence-electron chi connectivity index (χ0n) is 15.6. The van der Waals surface area contributed by atoms with Crippen LogP contribution in [0.1, 0.15) is 44.8 Å². The summed E-state index contributed by atoms with van der Waals surface area (Å²) in [6.45, 7) is 0.823. The van der Waals surface area contributed by atoms with Gasteiger partial charge in [-0.2, -0.15) is 0 Å². The van der Waals surface area contributed by atoms with Crippen molar-refractivity contribution in [2.45, 2.75) is 31.8 Å². The molecule has 1 atom stereocenters. The van der Waals surface area contributed by atoms with Gasteiger partial charge in [-0.25, -0.2) is 0 Å². The first-order chi connectivity index (χ1) is 14.0. The van der Waals surface area contributed by atoms with E-state index in [1.54, 1.807) is 29.3 Å². The lowest BCUT2D eigenvalue weighted by Gasteiger charge is -2.29. The molecule has 5 rings (SSSR count). The summed E-state index contributed by atoms with van der Waals surface area (Å²) in [5.41, 5.74) is 3.43. The number of hydrogen-bond acceptors (Lipinski definition) is 5. The standard InChI is InChI=1S/C21H18N4O4/c26-18-6-5-17(19(27)23-18)25-11-13-10-12(3-4-14(13)21(25)29)20(28)24-9-7-15-16(24)2-1-8-22-15/h1-4,8,10,17H,5-7,9,11H2,(H,23,26,27). The summed E-state index contributed by atoms with van der Waals surface area (Å²) in [6, 6.07) is 8.07. The van der Waals surface area contributed by atoms with Crippen molar-refractivity contribution < 1.29 is 19.2 Å². The predicted octanol–water partition coefficient (Wildman–Crippen LogP) is 1.05. The average Bonchev–Trinajstić information content (AvgIpc) is 3.29. The Kier molecular flexibility index (Phi) is 3.94. The van der Waals surface area contributed by atoms with Crippen molar-refractivity contribution in [1.82, 2.24) is 15.2 Å². The van der Waals surface area contributed by atoms with Gasteiger partial charge in [0.25, 0.3) is 11.8 Å². The van der Waals surface area contributed by atoms with Crippen LogP contribution < -0.4 is 10.2 Å². The summed E-state index contributed by atoms with van der Waals surface area (Å²) in [5.74, 6) is -1.14. The second-order valence-electron chi connectivity index (χ2n) is 7.45. The molecule has 146 valence electrons. The van der Waals surface area contributed by atoms with Crippen LogP contribution in [-0.4, -0.2) is 46.1 Å². The van der Waals surface area contributed by atoms with Gasteiger partial charge in [-0.05, 0) is 42.3 Å². The molecule has 1 aromatic heterocycles. The molecule has 3 aliphatic heterocycles. The van der Waals surface area contributed by atoms with Crippen LogP contribution in [0.5, 0.6) is 0 Å². The molecule has 29 heavy (non-hydrogen) atoms. The van der Waals surface area contributed by atoms with E-state index in [0.717, 1.165) is 16.9 Å². The molecule has 1 unspecified atom stereocenters. The number of rotatable bonds is 2. The van der Waals surface area contributed by atoms with Crippen LogP contribution in [0.25, 0.3) is 0 Å². The maximum Gasteiger partial charge on any atom is 0.258 e. The lowest BCUT2D eigenvalue weighted by Crippen LogP contribution is -2.52. The van der Waals surface area contributed by atoms with Gasteiger partial charge in [-0.1, -0.05) is 0 Å². The van der Waals surface area contributed by atoms with E-state index in [1.165, 1.54) is 4.90 Å². The van der Waals surface area contributed by atoms with E-state index < -0.39 is 11.9 Å². The van der Waals surface area contributed by atoms with Crippen molar-refractivity contribution in [1.29, 1.82) is 0 Å². The van der Waals surface area contributed by atoms with Crippen molar-refractivity contribution >= 4 is 29.3 Å². The summed E-state index contributed by atoms with van der Waals surface area (Å²) in [5, 5.41) is 2.29. The van der Waals surface area contributed by atoms with Crippen LogP contribution in [-0.2, 0) is 22.6 Å². The molecule has 4 amide bonds. The first-order valence-corrected chi connectivity index (χ1v) is 9.56. The number of amides is 4. The van der Waals surface area contributed by atoms with Gasteiger partial charge < -0.3 is 9.80 Å². The largest absolute Gasteiger partial charge is 0.322 e. The van der Waals surface area contributed by atoms with Crippen molar-refractivity contribution in [2.75, 3.05) is 11.4 Å². The molecule has 2 aromatic rings. The fourth-order valence-corrected chi connectivity index (χ4v) is 4.28. The zero-order chi connectivity index (χ0) is 20.1. The van der Waals surface area contributed by atoms with E-state index in [9.17, 15) is 19.2 Å². The first kappa shape index (κ1) is 17.5. The van der Waals surface area contributed by atoms with Gasteiger partial charge in [0.1, 0.15) is 6.04 Å². The Hall–Kier alpha value is -3.55. The van der Waals surface area contributed by atoms with E-state index in [4.69, 9.17) is 0 Å². The van der Waals surface area contributed by atoms with E-state index in [0.29, 0.717) is 30.5 Å². The summed E-state index contributed by atoms with van der Waals surface area (Å²) in [7, 11) is 0. The molecule has 8 nitrogen and oxygen atoms in total. The number of fused-ring (bicyclic) bond motifs is 2. The van der Waals surface area contributed by atoms with Crippen LogP contribution >= 0.6 is 0 Å². The number of carbonyl (C=O) groups is 4. The van der Waals surface area contributed by atoms with Gasteiger partial charge >= 0.3 is 0 Å². The highest BCUT2D eigenvalue weighted by Gasteiger charge is 2.39. The zero-order valence-corrected chi connectivity index (χ0v) is 15.6. The number of carbonyl (C=O) groups excluding carboxylic acids is 4. The molecule has 1 N–H and O–H groups in total. The summed E-state index contributed by atoms with van der Waals surface area (Å²) in [4.78, 5) is 56.9. The van der Waals surface area contributed by atoms with Crippen molar-refractivity contribution in [3.05, 3.63) is 58.9 Å². The number of hydrogen-bond donors (Lipinski definition) is 1. The maximum absolute atomic E-state index is 13.1. The van der Waals surface area contributed by atoms with Gasteiger partial charge in [0.05, 0.1) is 11.4 Å². The molecule has 0 saturated carbocycles. The predicted molar refractivity (Wildman–Crippen MR) is 102 cm³/mol. The third kappa shape index (κ3) is 2.79. The van der Waals surface area contributed by atoms with Crippen molar-refractivity contribution in [3.8, 4) is 0 Å². The topological polar surface area (TPSA) is 99.7 Å². The van der Waals surface area contributed by atoms with E-state index in [1.807, 2.05) is 12.1 Å². The van der Waals surface area contributed by atoms with Gasteiger partial charge in [0.15, 0.2) is 0 Å². The Bertz CT molecular complexity index is 1080. The highest BCUT2D eigenvalue weighted by molar-refractivity contribution is 6.09. The fraction of sp³-hybridized carbons (Fsp3) is 0.286. The average molecular weight is 390 g/mol. The second-order valence-corrected chi connectivity index (χ2v) is 7.45. The van der Waals surface area contributed by atoms with Crippen LogP contribution in [0.15, 0.2) is 36.5 Å². The van der Waals surface area contributed by atoms with Crippen LogP contribution in [0.4, 0.5) is 5.69 Å². The van der Waals surface area contributed by atoms with Gasteiger partial charge in [-0.15, -0.1) is 0 Å². The Balaban J connectivity index is 1.40. The minimum Gasteiger partial charge on any atom is -0.322 e. The Labute approximate surface area is 166 Å². The molecule has 8 heteroatoms. The molecule has 0 spiro atoms. The maximum atomic E-state index is 13.1. The smallest absolute Gasteiger partial charge is 0.258 e. The van der Waals surface area contributed by atoms with Crippen molar-refractivity contribution in [3.63, 3.8) is 0 Å². The Morgan fingerprint density at radius 1 is 1.14 bits per heavy atom. The Morgan fingerprint density at radius 2 is 2.00 bits per heavy atom. The molecule has 0 radical (unpaired) electrons. The van der Waals surface area contributed by atoms with E-state index in [2.05, 4.69) is 10.3 Å². The Morgan fingerprint density at radius 3 is 2.83 bits per heavy atom. The molecule has 0 bridgehead atoms. The lowest BCUT2D eigenvalue weighted by atomic mass is 10.0. The molecule has 3 aliphatic rings. The second kappa shape index (κ2) is 6.51. The number of benzene rings is 1. The van der Waals surface area contributed by atoms with Crippen LogP contribution in [0.2, 0.25) is 0 Å². The van der Waals surface area contributed by atoms with Gasteiger partial charge in [-0.3, -0.25) is 29.5 Å². The van der Waals surface area contributed by atoms with Crippen molar-refractivity contribution in [2.24, 2.45) is 0 Å². The molecule has 1 saturated heterocycles. The highest BCUT2D eigenvalue weighted by Crippen LogP contribution is 2.31. The number of anilines is 1. The number of pyridine rings is 1. The molecule has 4 heterocycles. The number of nitrogens with zero attached hydrogens (tertiary/aromatic N) is 3. The fourth-order valence-electron chi connectivity index (χ4n) is 4.28. The third-order valence-electron chi connectivity index (χ3n) is 5.74. The minimum atomic E-state index is -0.664. The van der Waals surface area contributed by atoms with Crippen LogP contribution in [0, 0.1) is 0 Å². The first-order valence-electron chi connectivity index (χ1n) is 9.56. The van der Waals surface area contributed by atoms with Gasteiger partial charge in [0.2, 0.25) is 11.8 Å². The number of piperidine rings is 1. The lowest BCUT2D eigenvalue weighted by molar-refractivity contribution is -0.136. The normalized spacial score (nSPS) is 20.6. The summed E-state index contributed by atoms with van der Waals surface area (Å²) >= 11 is 0. The number of nitrogens with one attached hydrogen (secondary N) is 1. The molecule has 0 aliphatic carbocycles. The molecule has 1 fully saturated rings. The van der Waals surface area contributed by atoms with E-state index >= 15 is 0 Å². The van der Waals surface area contributed by atoms with Gasteiger partial charge in [0, 0.05) is 43.3 Å². The summed E-state index contributed by atoms with van der Waals surface area (Å²) in [6.07, 6.45) is 2.96.